The van der Waals surface area contributed by atoms with Gasteiger partial charge in [-0.2, -0.15) is 0 Å². The fraction of sp³-hybridized carbons (Fsp3) is 1.00. The molecular weight excluding hydrogens is 360 g/mol. The van der Waals surface area contributed by atoms with E-state index in [0.717, 1.165) is 40.4 Å². The maximum Gasteiger partial charge on any atom is -0.0198 e. The first kappa shape index (κ1) is 21.8. The van der Waals surface area contributed by atoms with Crippen LogP contribution in [0, 0.1) is 56.7 Å². The van der Waals surface area contributed by atoms with Crippen LogP contribution in [-0.2, 0) is 0 Å². The van der Waals surface area contributed by atoms with E-state index in [1.807, 2.05) is 0 Å². The first-order valence-electron chi connectivity index (χ1n) is 14.0. The van der Waals surface area contributed by atoms with E-state index < -0.39 is 0 Å². The lowest BCUT2D eigenvalue weighted by Gasteiger charge is -2.63. The van der Waals surface area contributed by atoms with Crippen molar-refractivity contribution >= 4 is 0 Å². The van der Waals surface area contributed by atoms with Crippen LogP contribution in [-0.4, -0.2) is 0 Å². The second-order valence-corrected chi connectivity index (χ2v) is 14.8. The highest BCUT2D eigenvalue weighted by Gasteiger charge is 2.81. The fourth-order valence-corrected chi connectivity index (χ4v) is 11.4. The molecule has 5 saturated carbocycles. The lowest BCUT2D eigenvalue weighted by atomic mass is 9.42. The molecule has 2 spiro atoms. The molecule has 5 aliphatic rings. The van der Waals surface area contributed by atoms with Gasteiger partial charge in [0.1, 0.15) is 0 Å². The van der Waals surface area contributed by atoms with Gasteiger partial charge in [-0.05, 0) is 114 Å². The molecule has 0 nitrogen and oxygen atoms in total. The molecule has 0 aromatic rings. The van der Waals surface area contributed by atoms with Crippen molar-refractivity contribution in [1.29, 1.82) is 0 Å². The van der Waals surface area contributed by atoms with Crippen molar-refractivity contribution < 1.29 is 0 Å². The number of fused-ring (bicyclic) bond motifs is 2. The molecule has 5 rings (SSSR count). The summed E-state index contributed by atoms with van der Waals surface area (Å²) < 4.78 is 0. The molecule has 0 bridgehead atoms. The Balaban J connectivity index is 1.39. The lowest BCUT2D eigenvalue weighted by molar-refractivity contribution is -0.142. The second-order valence-electron chi connectivity index (χ2n) is 14.8. The standard InChI is InChI=1S/C30H52/c1-21(2)10-8-11-22(3)23-14-17-28(7)25-13-12-24-26(4,5)15-9-16-29(24)20-30(25,29)19-18-27(23,28)6/h21-25H,8-20H2,1-7H3. The molecule has 8 atom stereocenters. The van der Waals surface area contributed by atoms with E-state index in [2.05, 4.69) is 48.5 Å². The lowest BCUT2D eigenvalue weighted by Crippen LogP contribution is -2.56. The van der Waals surface area contributed by atoms with Gasteiger partial charge in [-0.25, -0.2) is 0 Å². The van der Waals surface area contributed by atoms with Crippen molar-refractivity contribution in [1.82, 2.24) is 0 Å². The summed E-state index contributed by atoms with van der Waals surface area (Å²) in [6, 6.07) is 0. The molecule has 172 valence electrons. The zero-order valence-corrected chi connectivity index (χ0v) is 21.6. The summed E-state index contributed by atoms with van der Waals surface area (Å²) >= 11 is 0. The molecule has 30 heavy (non-hydrogen) atoms. The minimum atomic E-state index is 0.609. The highest BCUT2D eigenvalue weighted by atomic mass is 14.9. The van der Waals surface area contributed by atoms with E-state index in [4.69, 9.17) is 0 Å². The van der Waals surface area contributed by atoms with Gasteiger partial charge in [0.2, 0.25) is 0 Å². The fourth-order valence-electron chi connectivity index (χ4n) is 11.4. The molecule has 0 saturated heterocycles. The Morgan fingerprint density at radius 3 is 2.13 bits per heavy atom. The molecule has 0 amide bonds. The summed E-state index contributed by atoms with van der Waals surface area (Å²) in [6.07, 6.45) is 19.9. The van der Waals surface area contributed by atoms with Gasteiger partial charge in [0.25, 0.3) is 0 Å². The minimum absolute atomic E-state index is 0.609. The van der Waals surface area contributed by atoms with Gasteiger partial charge in [0, 0.05) is 0 Å². The van der Waals surface area contributed by atoms with Crippen molar-refractivity contribution in [3.05, 3.63) is 0 Å². The van der Waals surface area contributed by atoms with E-state index >= 15 is 0 Å². The third-order valence-corrected chi connectivity index (χ3v) is 13.0. The van der Waals surface area contributed by atoms with Crippen LogP contribution in [0.15, 0.2) is 0 Å². The van der Waals surface area contributed by atoms with Gasteiger partial charge in [-0.3, -0.25) is 0 Å². The summed E-state index contributed by atoms with van der Waals surface area (Å²) in [4.78, 5) is 0. The van der Waals surface area contributed by atoms with Gasteiger partial charge < -0.3 is 0 Å². The van der Waals surface area contributed by atoms with Crippen LogP contribution in [0.4, 0.5) is 0 Å². The molecule has 5 fully saturated rings. The summed E-state index contributed by atoms with van der Waals surface area (Å²) in [7, 11) is 0. The first-order valence-corrected chi connectivity index (χ1v) is 14.0. The molecule has 0 aromatic heterocycles. The highest BCUT2D eigenvalue weighted by molar-refractivity contribution is 5.30. The van der Waals surface area contributed by atoms with Crippen LogP contribution in [0.5, 0.6) is 0 Å². The van der Waals surface area contributed by atoms with E-state index in [1.165, 1.54) is 38.5 Å². The maximum absolute atomic E-state index is 2.81. The Morgan fingerprint density at radius 1 is 0.700 bits per heavy atom. The molecule has 0 aliphatic heterocycles. The zero-order chi connectivity index (χ0) is 21.6. The Morgan fingerprint density at radius 2 is 1.40 bits per heavy atom. The highest BCUT2D eigenvalue weighted by Crippen LogP contribution is 2.89. The summed E-state index contributed by atoms with van der Waals surface area (Å²) in [5.74, 6) is 4.87. The van der Waals surface area contributed by atoms with Gasteiger partial charge in [-0.1, -0.05) is 74.1 Å². The van der Waals surface area contributed by atoms with Gasteiger partial charge in [-0.15, -0.1) is 0 Å². The molecule has 0 N–H and O–H groups in total. The van der Waals surface area contributed by atoms with E-state index in [9.17, 15) is 0 Å². The van der Waals surface area contributed by atoms with Crippen molar-refractivity contribution in [3.8, 4) is 0 Å². The Labute approximate surface area is 188 Å². The number of hydrogen-bond donors (Lipinski definition) is 0. The Kier molecular flexibility index (Phi) is 4.92. The van der Waals surface area contributed by atoms with Gasteiger partial charge in [0.05, 0.1) is 0 Å². The molecule has 8 unspecified atom stereocenters. The molecule has 0 radical (unpaired) electrons. The molecular formula is C30H52. The summed E-state index contributed by atoms with van der Waals surface area (Å²) in [5.41, 5.74) is 3.37. The van der Waals surface area contributed by atoms with Gasteiger partial charge >= 0.3 is 0 Å². The maximum atomic E-state index is 2.81. The molecule has 0 heteroatoms. The normalized spacial score (nSPS) is 52.2. The Bertz CT molecular complexity index is 674. The second kappa shape index (κ2) is 6.76. The van der Waals surface area contributed by atoms with Crippen molar-refractivity contribution in [3.63, 3.8) is 0 Å². The van der Waals surface area contributed by atoms with E-state index in [1.54, 1.807) is 44.9 Å². The van der Waals surface area contributed by atoms with Crippen molar-refractivity contribution in [2.24, 2.45) is 56.7 Å². The topological polar surface area (TPSA) is 0 Å². The molecule has 0 heterocycles. The van der Waals surface area contributed by atoms with Crippen LogP contribution in [0.2, 0.25) is 0 Å². The average molecular weight is 413 g/mol. The average Bonchev–Trinajstić information content (AvgIpc) is 3.23. The predicted molar refractivity (Wildman–Crippen MR) is 129 cm³/mol. The van der Waals surface area contributed by atoms with E-state index in [-0.39, 0.29) is 0 Å². The number of hydrogen-bond acceptors (Lipinski definition) is 0. The zero-order valence-electron chi connectivity index (χ0n) is 21.6. The first-order chi connectivity index (χ1) is 14.0. The van der Waals surface area contributed by atoms with E-state index in [0.29, 0.717) is 16.2 Å². The third-order valence-electron chi connectivity index (χ3n) is 13.0. The minimum Gasteiger partial charge on any atom is -0.0628 e. The van der Waals surface area contributed by atoms with Crippen LogP contribution >= 0.6 is 0 Å². The number of rotatable bonds is 5. The molecule has 0 aromatic carbocycles. The predicted octanol–water partition coefficient (Wildman–Crippen LogP) is 9.28. The van der Waals surface area contributed by atoms with Crippen molar-refractivity contribution in [2.75, 3.05) is 0 Å². The van der Waals surface area contributed by atoms with Crippen LogP contribution in [0.3, 0.4) is 0 Å². The summed E-state index contributed by atoms with van der Waals surface area (Å²) in [5, 5.41) is 0. The van der Waals surface area contributed by atoms with Crippen molar-refractivity contribution in [2.45, 2.75) is 132 Å². The monoisotopic (exact) mass is 412 g/mol. The smallest absolute Gasteiger partial charge is 0.0198 e. The summed E-state index contributed by atoms with van der Waals surface area (Å²) in [6.45, 7) is 18.3. The Hall–Kier alpha value is 0. The van der Waals surface area contributed by atoms with Gasteiger partial charge in [0.15, 0.2) is 0 Å². The SMILES string of the molecule is CC(C)CCCC(C)C1CCC2(C)C3CCC4C(C)(C)CCCC45CC35CCC12C. The van der Waals surface area contributed by atoms with Crippen LogP contribution in [0.1, 0.15) is 132 Å². The quantitative estimate of drug-likeness (QED) is 0.422. The van der Waals surface area contributed by atoms with Crippen LogP contribution in [0.25, 0.3) is 0 Å². The molecule has 5 aliphatic carbocycles. The third kappa shape index (κ3) is 2.64. The largest absolute Gasteiger partial charge is 0.0628 e. The van der Waals surface area contributed by atoms with Crippen LogP contribution < -0.4 is 0 Å².